The highest BCUT2D eigenvalue weighted by atomic mass is 19.1. The van der Waals surface area contributed by atoms with Gasteiger partial charge in [-0.3, -0.25) is 9.69 Å². The van der Waals surface area contributed by atoms with Gasteiger partial charge in [0.05, 0.1) is 12.5 Å². The Morgan fingerprint density at radius 1 is 1.21 bits per heavy atom. The third-order valence-corrected chi connectivity index (χ3v) is 5.37. The maximum Gasteiger partial charge on any atom is 0.224 e. The van der Waals surface area contributed by atoms with E-state index in [1.165, 1.54) is 17.2 Å². The fourth-order valence-corrected chi connectivity index (χ4v) is 3.96. The topological polar surface area (TPSA) is 41.6 Å². The molecule has 4 nitrogen and oxygen atoms in total. The summed E-state index contributed by atoms with van der Waals surface area (Å²) in [4.78, 5) is 14.9. The lowest BCUT2D eigenvalue weighted by molar-refractivity contribution is -0.127. The first-order chi connectivity index (χ1) is 13.6. The number of nitrogens with zero attached hydrogens (tertiary/aromatic N) is 1. The van der Waals surface area contributed by atoms with Gasteiger partial charge >= 0.3 is 0 Å². The molecule has 0 aromatic heterocycles. The van der Waals surface area contributed by atoms with Crippen molar-refractivity contribution in [3.63, 3.8) is 0 Å². The van der Waals surface area contributed by atoms with Crippen LogP contribution in [0, 0.1) is 18.7 Å². The summed E-state index contributed by atoms with van der Waals surface area (Å²) in [6.45, 7) is 5.05. The zero-order valence-corrected chi connectivity index (χ0v) is 16.7. The third kappa shape index (κ3) is 5.40. The molecular formula is C23H29FN2O2. The molecule has 1 saturated heterocycles. The van der Waals surface area contributed by atoms with Crippen LogP contribution in [0.5, 0.6) is 0 Å². The van der Waals surface area contributed by atoms with Crippen molar-refractivity contribution in [3.8, 4) is 0 Å². The van der Waals surface area contributed by atoms with Crippen LogP contribution in [0.15, 0.2) is 48.5 Å². The average Bonchev–Trinajstić information content (AvgIpc) is 2.69. The van der Waals surface area contributed by atoms with E-state index in [0.29, 0.717) is 31.8 Å². The summed E-state index contributed by atoms with van der Waals surface area (Å²) in [7, 11) is 1.62. The van der Waals surface area contributed by atoms with E-state index < -0.39 is 0 Å². The number of nitrogens with one attached hydrogen (secondary N) is 1. The summed E-state index contributed by atoms with van der Waals surface area (Å²) in [6, 6.07) is 15.3. The Morgan fingerprint density at radius 3 is 2.79 bits per heavy atom. The summed E-state index contributed by atoms with van der Waals surface area (Å²) in [5.41, 5.74) is 3.13. The molecule has 0 saturated carbocycles. The fraction of sp³-hybridized carbons (Fsp3) is 0.435. The lowest BCUT2D eigenvalue weighted by Gasteiger charge is -2.37. The Balaban J connectivity index is 1.77. The van der Waals surface area contributed by atoms with Crippen molar-refractivity contribution in [2.75, 3.05) is 33.4 Å². The second kappa shape index (κ2) is 9.80. The minimum absolute atomic E-state index is 0.0490. The zero-order chi connectivity index (χ0) is 19.9. The Labute approximate surface area is 166 Å². The minimum Gasteiger partial charge on any atom is -0.383 e. The van der Waals surface area contributed by atoms with Gasteiger partial charge in [0, 0.05) is 38.9 Å². The monoisotopic (exact) mass is 384 g/mol. The van der Waals surface area contributed by atoms with Crippen LogP contribution in [-0.4, -0.2) is 44.2 Å². The van der Waals surface area contributed by atoms with Crippen molar-refractivity contribution in [2.24, 2.45) is 5.92 Å². The summed E-state index contributed by atoms with van der Waals surface area (Å²) >= 11 is 0. The number of hydrogen-bond donors (Lipinski definition) is 1. The average molecular weight is 384 g/mol. The van der Waals surface area contributed by atoms with Gasteiger partial charge < -0.3 is 10.1 Å². The van der Waals surface area contributed by atoms with Gasteiger partial charge in [-0.15, -0.1) is 0 Å². The lowest BCUT2D eigenvalue weighted by Crippen LogP contribution is -2.46. The van der Waals surface area contributed by atoms with Gasteiger partial charge in [-0.2, -0.15) is 0 Å². The van der Waals surface area contributed by atoms with Crippen molar-refractivity contribution >= 4 is 5.91 Å². The van der Waals surface area contributed by atoms with E-state index in [1.54, 1.807) is 13.2 Å². The molecule has 2 atom stereocenters. The molecule has 1 fully saturated rings. The fourth-order valence-electron chi connectivity index (χ4n) is 3.96. The van der Waals surface area contributed by atoms with E-state index in [9.17, 15) is 9.18 Å². The molecule has 1 amide bonds. The van der Waals surface area contributed by atoms with E-state index >= 15 is 0 Å². The summed E-state index contributed by atoms with van der Waals surface area (Å²) in [5.74, 6) is -0.0179. The second-order valence-electron chi connectivity index (χ2n) is 7.61. The molecule has 0 bridgehead atoms. The molecule has 1 heterocycles. The van der Waals surface area contributed by atoms with Gasteiger partial charge in [0.1, 0.15) is 5.82 Å². The number of piperidine rings is 1. The lowest BCUT2D eigenvalue weighted by atomic mass is 9.83. The standard InChI is InChI=1S/C23H29FN2O2/c1-17-6-5-8-18(12-17)20-13-21(23(27)25-10-11-28-2)16-26(15-20)14-19-7-3-4-9-22(19)24/h3-9,12,20-21H,10-11,13-16H2,1-2H3,(H,25,27). The largest absolute Gasteiger partial charge is 0.383 e. The van der Waals surface area contributed by atoms with Crippen LogP contribution in [0.1, 0.15) is 29.0 Å². The Bertz CT molecular complexity index is 796. The molecule has 150 valence electrons. The summed E-state index contributed by atoms with van der Waals surface area (Å²) in [6.07, 6.45) is 0.802. The van der Waals surface area contributed by atoms with Crippen LogP contribution in [0.4, 0.5) is 4.39 Å². The molecule has 28 heavy (non-hydrogen) atoms. The maximum atomic E-state index is 14.2. The maximum absolute atomic E-state index is 14.2. The van der Waals surface area contributed by atoms with Gasteiger partial charge in [-0.1, -0.05) is 48.0 Å². The first-order valence-corrected chi connectivity index (χ1v) is 9.85. The molecule has 0 spiro atoms. The smallest absolute Gasteiger partial charge is 0.224 e. The van der Waals surface area contributed by atoms with Gasteiger partial charge in [0.2, 0.25) is 5.91 Å². The molecule has 1 aliphatic rings. The molecule has 2 aromatic carbocycles. The number of likely N-dealkylation sites (tertiary alicyclic amines) is 1. The quantitative estimate of drug-likeness (QED) is 0.743. The summed E-state index contributed by atoms with van der Waals surface area (Å²) in [5, 5.41) is 2.97. The Kier molecular flexibility index (Phi) is 7.18. The zero-order valence-electron chi connectivity index (χ0n) is 16.7. The number of amides is 1. The highest BCUT2D eigenvalue weighted by Crippen LogP contribution is 2.32. The van der Waals surface area contributed by atoms with E-state index in [1.807, 2.05) is 12.1 Å². The molecule has 5 heteroatoms. The first kappa shape index (κ1) is 20.5. The molecule has 2 aromatic rings. The molecule has 3 rings (SSSR count). The number of hydrogen-bond acceptors (Lipinski definition) is 3. The molecule has 2 unspecified atom stereocenters. The van der Waals surface area contributed by atoms with Gasteiger partial charge in [-0.05, 0) is 30.9 Å². The van der Waals surface area contributed by atoms with Crippen molar-refractivity contribution in [3.05, 3.63) is 71.0 Å². The second-order valence-corrected chi connectivity index (χ2v) is 7.61. The van der Waals surface area contributed by atoms with Crippen molar-refractivity contribution in [1.29, 1.82) is 0 Å². The minimum atomic E-state index is -0.193. The molecule has 0 radical (unpaired) electrons. The normalized spacial score (nSPS) is 20.1. The van der Waals surface area contributed by atoms with Crippen LogP contribution < -0.4 is 5.32 Å². The molecular weight excluding hydrogens is 355 g/mol. The predicted octanol–water partition coefficient (Wildman–Crippen LogP) is 3.50. The molecule has 1 N–H and O–H groups in total. The van der Waals surface area contributed by atoms with Gasteiger partial charge in [0.25, 0.3) is 0 Å². The van der Waals surface area contributed by atoms with Crippen LogP contribution >= 0.6 is 0 Å². The van der Waals surface area contributed by atoms with Crippen LogP contribution in [0.3, 0.4) is 0 Å². The van der Waals surface area contributed by atoms with Gasteiger partial charge in [-0.25, -0.2) is 4.39 Å². The van der Waals surface area contributed by atoms with Crippen molar-refractivity contribution in [2.45, 2.75) is 25.8 Å². The van der Waals surface area contributed by atoms with E-state index in [-0.39, 0.29) is 23.6 Å². The molecule has 0 aliphatic carbocycles. The number of benzene rings is 2. The number of carbonyl (C=O) groups excluding carboxylic acids is 1. The van der Waals surface area contributed by atoms with Crippen molar-refractivity contribution < 1.29 is 13.9 Å². The number of methoxy groups -OCH3 is 1. The number of carbonyl (C=O) groups is 1. The summed E-state index contributed by atoms with van der Waals surface area (Å²) < 4.78 is 19.2. The number of rotatable bonds is 7. The predicted molar refractivity (Wildman–Crippen MR) is 109 cm³/mol. The SMILES string of the molecule is COCCNC(=O)C1CC(c2cccc(C)c2)CN(Cc2ccccc2F)C1. The van der Waals surface area contributed by atoms with Crippen LogP contribution in [0.2, 0.25) is 0 Å². The Morgan fingerprint density at radius 2 is 2.04 bits per heavy atom. The first-order valence-electron chi connectivity index (χ1n) is 9.85. The number of halogens is 1. The van der Waals surface area contributed by atoms with Crippen LogP contribution in [0.25, 0.3) is 0 Å². The molecule has 1 aliphatic heterocycles. The van der Waals surface area contributed by atoms with Gasteiger partial charge in [0.15, 0.2) is 0 Å². The highest BCUT2D eigenvalue weighted by Gasteiger charge is 2.32. The van der Waals surface area contributed by atoms with E-state index in [2.05, 4.69) is 41.4 Å². The highest BCUT2D eigenvalue weighted by molar-refractivity contribution is 5.79. The number of ether oxygens (including phenoxy) is 1. The Hall–Kier alpha value is -2.24. The van der Waals surface area contributed by atoms with E-state index in [4.69, 9.17) is 4.74 Å². The number of aryl methyl sites for hydroxylation is 1. The third-order valence-electron chi connectivity index (χ3n) is 5.37. The van der Waals surface area contributed by atoms with E-state index in [0.717, 1.165) is 13.0 Å². The van der Waals surface area contributed by atoms with Crippen molar-refractivity contribution in [1.82, 2.24) is 10.2 Å². The van der Waals surface area contributed by atoms with Crippen LogP contribution in [-0.2, 0) is 16.1 Å².